The van der Waals surface area contributed by atoms with Crippen LogP contribution < -0.4 is 5.32 Å². The quantitative estimate of drug-likeness (QED) is 0.442. The van der Waals surface area contributed by atoms with E-state index in [1.165, 1.54) is 7.11 Å². The third-order valence-corrected chi connectivity index (χ3v) is 5.92. The molecule has 1 amide bonds. The fourth-order valence-corrected chi connectivity index (χ4v) is 3.96. The Labute approximate surface area is 199 Å². The highest BCUT2D eigenvalue weighted by Crippen LogP contribution is 2.29. The largest absolute Gasteiger partial charge is 0.467 e. The summed E-state index contributed by atoms with van der Waals surface area (Å²) in [5.74, 6) is 0.00128. The first-order chi connectivity index (χ1) is 16.0. The number of nitrogens with zero attached hydrogens (tertiary/aromatic N) is 1. The van der Waals surface area contributed by atoms with E-state index in [0.29, 0.717) is 12.0 Å². The number of esters is 1. The van der Waals surface area contributed by atoms with E-state index in [9.17, 15) is 9.59 Å². The molecule has 0 radical (unpaired) electrons. The van der Waals surface area contributed by atoms with Gasteiger partial charge in [-0.25, -0.2) is 4.79 Å². The summed E-state index contributed by atoms with van der Waals surface area (Å²) in [6.07, 6.45) is 9.98. The molecule has 0 unspecified atom stereocenters. The van der Waals surface area contributed by atoms with Crippen LogP contribution in [0.4, 0.5) is 0 Å². The molecule has 170 valence electrons. The molecule has 0 saturated heterocycles. The van der Waals surface area contributed by atoms with E-state index < -0.39 is 12.0 Å². The summed E-state index contributed by atoms with van der Waals surface area (Å²) in [4.78, 5) is 29.6. The van der Waals surface area contributed by atoms with E-state index in [4.69, 9.17) is 4.74 Å². The van der Waals surface area contributed by atoms with Crippen molar-refractivity contribution in [2.45, 2.75) is 19.4 Å². The molecule has 0 aliphatic rings. The predicted molar refractivity (Wildman–Crippen MR) is 136 cm³/mol. The van der Waals surface area contributed by atoms with Gasteiger partial charge >= 0.3 is 5.97 Å². The Hall–Kier alpha value is -3.38. The number of aryl methyl sites for hydroxylation is 1. The van der Waals surface area contributed by atoms with Gasteiger partial charge in [-0.3, -0.25) is 9.78 Å². The summed E-state index contributed by atoms with van der Waals surface area (Å²) in [5.41, 5.74) is 5.31. The molecule has 2 aromatic carbocycles. The number of pyridine rings is 1. The van der Waals surface area contributed by atoms with Crippen LogP contribution in [-0.2, 0) is 9.53 Å². The van der Waals surface area contributed by atoms with E-state index in [1.54, 1.807) is 24.2 Å². The van der Waals surface area contributed by atoms with Gasteiger partial charge in [0.1, 0.15) is 6.04 Å². The second-order valence-electron chi connectivity index (χ2n) is 7.57. The first-order valence-corrected chi connectivity index (χ1v) is 12.1. The number of methoxy groups -OCH3 is 1. The highest BCUT2D eigenvalue weighted by Gasteiger charge is 2.23. The van der Waals surface area contributed by atoms with Gasteiger partial charge in [0.2, 0.25) is 0 Å². The van der Waals surface area contributed by atoms with Gasteiger partial charge in [0, 0.05) is 18.0 Å². The normalized spacial score (nSPS) is 11.8. The van der Waals surface area contributed by atoms with E-state index >= 15 is 0 Å². The van der Waals surface area contributed by atoms with Crippen LogP contribution in [0.5, 0.6) is 0 Å². The Morgan fingerprint density at radius 2 is 1.85 bits per heavy atom. The zero-order valence-electron chi connectivity index (χ0n) is 19.1. The Morgan fingerprint density at radius 1 is 1.06 bits per heavy atom. The predicted octanol–water partition coefficient (Wildman–Crippen LogP) is 5.25. The molecule has 33 heavy (non-hydrogen) atoms. The third-order valence-electron chi connectivity index (χ3n) is 5.28. The Balaban J connectivity index is 1.98. The monoisotopic (exact) mass is 460 g/mol. The first kappa shape index (κ1) is 24.3. The number of benzene rings is 2. The van der Waals surface area contributed by atoms with Crippen LogP contribution in [0.25, 0.3) is 23.3 Å². The molecule has 6 heteroatoms. The number of carbonyl (C=O) groups excluding carboxylic acids is 2. The molecule has 0 saturated carbocycles. The van der Waals surface area contributed by atoms with Gasteiger partial charge in [0.25, 0.3) is 5.91 Å². The number of aromatic nitrogens is 1. The lowest BCUT2D eigenvalue weighted by molar-refractivity contribution is -0.142. The highest BCUT2D eigenvalue weighted by molar-refractivity contribution is 7.98. The number of carbonyl (C=O) groups is 2. The van der Waals surface area contributed by atoms with Crippen molar-refractivity contribution in [2.24, 2.45) is 0 Å². The summed E-state index contributed by atoms with van der Waals surface area (Å²) >= 11 is 1.62. The second kappa shape index (κ2) is 12.0. The van der Waals surface area contributed by atoms with E-state index in [-0.39, 0.29) is 5.91 Å². The van der Waals surface area contributed by atoms with Gasteiger partial charge in [-0.15, -0.1) is 0 Å². The smallest absolute Gasteiger partial charge is 0.328 e. The standard InChI is InChI=1S/C27H28N2O3S/c1-19-7-4-5-9-22(19)24-17-20(10-11-21-8-6-15-28-18-21)12-13-23(24)26(30)29-25(14-16-33-3)27(31)32-2/h4-13,15,17-18,25H,14,16H2,1-3H3,(H,29,30)/t25-/m0/s1. The van der Waals surface area contributed by atoms with Gasteiger partial charge < -0.3 is 10.1 Å². The summed E-state index contributed by atoms with van der Waals surface area (Å²) in [6, 6.07) is 16.8. The maximum absolute atomic E-state index is 13.3. The summed E-state index contributed by atoms with van der Waals surface area (Å²) in [5, 5.41) is 2.87. The number of thioether (sulfide) groups is 1. The van der Waals surface area contributed by atoms with Crippen molar-refractivity contribution in [3.05, 3.63) is 89.2 Å². The molecule has 1 aromatic heterocycles. The molecule has 0 bridgehead atoms. The molecular formula is C27H28N2O3S. The number of amides is 1. The van der Waals surface area contributed by atoms with Crippen LogP contribution >= 0.6 is 11.8 Å². The van der Waals surface area contributed by atoms with Gasteiger partial charge in [0.15, 0.2) is 0 Å². The number of rotatable bonds is 9. The van der Waals surface area contributed by atoms with Crippen LogP contribution in [0.1, 0.15) is 33.5 Å². The average Bonchev–Trinajstić information content (AvgIpc) is 2.85. The zero-order chi connectivity index (χ0) is 23.6. The average molecular weight is 461 g/mol. The fraction of sp³-hybridized carbons (Fsp3) is 0.222. The molecule has 1 atom stereocenters. The first-order valence-electron chi connectivity index (χ1n) is 10.7. The molecule has 5 nitrogen and oxygen atoms in total. The minimum atomic E-state index is -0.690. The number of hydrogen-bond acceptors (Lipinski definition) is 5. The lowest BCUT2D eigenvalue weighted by Gasteiger charge is -2.18. The minimum absolute atomic E-state index is 0.299. The topological polar surface area (TPSA) is 68.3 Å². The number of nitrogens with one attached hydrogen (secondary N) is 1. The summed E-state index contributed by atoms with van der Waals surface area (Å²) in [6.45, 7) is 2.02. The molecule has 1 heterocycles. The number of ether oxygens (including phenoxy) is 1. The van der Waals surface area contributed by atoms with Crippen molar-refractivity contribution in [3.8, 4) is 11.1 Å². The molecule has 0 aliphatic carbocycles. The Kier molecular flexibility index (Phi) is 8.84. The van der Waals surface area contributed by atoms with Crippen molar-refractivity contribution in [1.82, 2.24) is 10.3 Å². The van der Waals surface area contributed by atoms with Gasteiger partial charge in [-0.2, -0.15) is 11.8 Å². The van der Waals surface area contributed by atoms with Crippen molar-refractivity contribution in [3.63, 3.8) is 0 Å². The maximum Gasteiger partial charge on any atom is 0.328 e. The number of hydrogen-bond donors (Lipinski definition) is 1. The van der Waals surface area contributed by atoms with Crippen LogP contribution in [0.2, 0.25) is 0 Å². The maximum atomic E-state index is 13.3. The minimum Gasteiger partial charge on any atom is -0.467 e. The molecule has 3 aromatic rings. The van der Waals surface area contributed by atoms with Gasteiger partial charge in [0.05, 0.1) is 7.11 Å². The molecule has 0 spiro atoms. The van der Waals surface area contributed by atoms with Crippen LogP contribution in [-0.4, -0.2) is 42.0 Å². The lowest BCUT2D eigenvalue weighted by Crippen LogP contribution is -2.42. The van der Waals surface area contributed by atoms with Crippen molar-refractivity contribution in [1.29, 1.82) is 0 Å². The van der Waals surface area contributed by atoms with Crippen molar-refractivity contribution < 1.29 is 14.3 Å². The fourth-order valence-electron chi connectivity index (χ4n) is 3.49. The van der Waals surface area contributed by atoms with Crippen LogP contribution in [0.3, 0.4) is 0 Å². The Morgan fingerprint density at radius 3 is 2.55 bits per heavy atom. The van der Waals surface area contributed by atoms with Gasteiger partial charge in [-0.1, -0.05) is 48.6 Å². The third kappa shape index (κ3) is 6.56. The SMILES string of the molecule is COC(=O)[C@H](CCSC)NC(=O)c1ccc(C=Cc2cccnc2)cc1-c1ccccc1C. The summed E-state index contributed by atoms with van der Waals surface area (Å²) < 4.78 is 4.90. The van der Waals surface area contributed by atoms with Crippen molar-refractivity contribution in [2.75, 3.05) is 19.1 Å². The van der Waals surface area contributed by atoms with Crippen molar-refractivity contribution >= 4 is 35.8 Å². The molecule has 3 rings (SSSR count). The molecule has 0 aliphatic heterocycles. The highest BCUT2D eigenvalue weighted by atomic mass is 32.2. The lowest BCUT2D eigenvalue weighted by atomic mass is 9.93. The van der Waals surface area contributed by atoms with Crippen LogP contribution in [0, 0.1) is 6.92 Å². The zero-order valence-corrected chi connectivity index (χ0v) is 19.9. The van der Waals surface area contributed by atoms with E-state index in [1.807, 2.05) is 79.9 Å². The second-order valence-corrected chi connectivity index (χ2v) is 8.56. The van der Waals surface area contributed by atoms with E-state index in [2.05, 4.69) is 10.3 Å². The molecule has 1 N–H and O–H groups in total. The van der Waals surface area contributed by atoms with Gasteiger partial charge in [-0.05, 0) is 71.4 Å². The molecule has 0 fully saturated rings. The molecular weight excluding hydrogens is 432 g/mol. The van der Waals surface area contributed by atoms with Crippen LogP contribution in [0.15, 0.2) is 67.0 Å². The Bertz CT molecular complexity index is 1130. The summed E-state index contributed by atoms with van der Waals surface area (Å²) in [7, 11) is 1.34. The van der Waals surface area contributed by atoms with E-state index in [0.717, 1.165) is 33.6 Å².